The Labute approximate surface area is 104 Å². The van der Waals surface area contributed by atoms with Crippen molar-refractivity contribution >= 4 is 9.84 Å². The molecule has 0 bridgehead atoms. The zero-order valence-electron chi connectivity index (χ0n) is 9.53. The second-order valence-corrected chi connectivity index (χ2v) is 5.80. The Morgan fingerprint density at radius 3 is 2.83 bits per heavy atom. The second-order valence-electron chi connectivity index (χ2n) is 3.89. The molecule has 1 aliphatic rings. The van der Waals surface area contributed by atoms with Crippen molar-refractivity contribution in [1.82, 2.24) is 9.55 Å². The van der Waals surface area contributed by atoms with Gasteiger partial charge in [0, 0.05) is 24.7 Å². The lowest BCUT2D eigenvalue weighted by Gasteiger charge is -2.07. The van der Waals surface area contributed by atoms with Crippen molar-refractivity contribution < 1.29 is 17.9 Å². The van der Waals surface area contributed by atoms with Crippen LogP contribution >= 0.6 is 0 Å². The van der Waals surface area contributed by atoms with E-state index in [1.165, 1.54) is 10.8 Å². The monoisotopic (exact) mass is 266 g/mol. The minimum absolute atomic E-state index is 0.00126. The molecule has 0 radical (unpaired) electrons. The summed E-state index contributed by atoms with van der Waals surface area (Å²) in [5, 5.41) is 0.00126. The molecule has 0 saturated carbocycles. The SMILES string of the molecule is CS(=O)(=O)c1nccn1-c1ccc2c(c1)OCO2. The Morgan fingerprint density at radius 2 is 2.06 bits per heavy atom. The topological polar surface area (TPSA) is 70.4 Å². The molecule has 0 saturated heterocycles. The van der Waals surface area contributed by atoms with Crippen LogP contribution in [0.15, 0.2) is 35.7 Å². The van der Waals surface area contributed by atoms with Crippen LogP contribution in [0.1, 0.15) is 0 Å². The van der Waals surface area contributed by atoms with Gasteiger partial charge in [0.05, 0.1) is 5.69 Å². The van der Waals surface area contributed by atoms with Gasteiger partial charge in [0.15, 0.2) is 11.5 Å². The Balaban J connectivity index is 2.14. The molecule has 0 N–H and O–H groups in total. The van der Waals surface area contributed by atoms with Gasteiger partial charge in [-0.25, -0.2) is 13.4 Å². The van der Waals surface area contributed by atoms with Crippen LogP contribution in [-0.4, -0.2) is 31.0 Å². The zero-order valence-corrected chi connectivity index (χ0v) is 10.3. The minimum Gasteiger partial charge on any atom is -0.454 e. The molecule has 3 rings (SSSR count). The van der Waals surface area contributed by atoms with Crippen LogP contribution in [0.25, 0.3) is 5.69 Å². The van der Waals surface area contributed by atoms with Crippen LogP contribution in [0.4, 0.5) is 0 Å². The third-order valence-corrected chi connectivity index (χ3v) is 3.54. The molecule has 1 aromatic heterocycles. The first kappa shape index (κ1) is 11.1. The van der Waals surface area contributed by atoms with Gasteiger partial charge in [0.1, 0.15) is 0 Å². The molecule has 0 amide bonds. The average Bonchev–Trinajstić information content (AvgIpc) is 2.96. The van der Waals surface area contributed by atoms with Crippen molar-refractivity contribution in [3.8, 4) is 17.2 Å². The van der Waals surface area contributed by atoms with E-state index in [-0.39, 0.29) is 11.9 Å². The number of nitrogens with zero attached hydrogens (tertiary/aromatic N) is 2. The van der Waals surface area contributed by atoms with E-state index in [1.54, 1.807) is 24.4 Å². The lowest BCUT2D eigenvalue weighted by Crippen LogP contribution is -2.07. The molecule has 2 aromatic rings. The number of hydrogen-bond donors (Lipinski definition) is 0. The number of sulfone groups is 1. The van der Waals surface area contributed by atoms with Gasteiger partial charge >= 0.3 is 0 Å². The predicted octanol–water partition coefficient (Wildman–Crippen LogP) is 1.00. The van der Waals surface area contributed by atoms with Crippen molar-refractivity contribution in [1.29, 1.82) is 0 Å². The molecule has 0 atom stereocenters. The summed E-state index contributed by atoms with van der Waals surface area (Å²) in [5.41, 5.74) is 0.664. The lowest BCUT2D eigenvalue weighted by molar-refractivity contribution is 0.174. The first-order valence-electron chi connectivity index (χ1n) is 5.19. The number of ether oxygens (including phenoxy) is 2. The number of aromatic nitrogens is 2. The maximum Gasteiger partial charge on any atom is 0.231 e. The largest absolute Gasteiger partial charge is 0.454 e. The van der Waals surface area contributed by atoms with E-state index in [0.717, 1.165) is 6.26 Å². The summed E-state index contributed by atoms with van der Waals surface area (Å²) in [4.78, 5) is 3.86. The summed E-state index contributed by atoms with van der Waals surface area (Å²) in [6, 6.07) is 5.21. The fourth-order valence-electron chi connectivity index (χ4n) is 1.80. The minimum atomic E-state index is -3.37. The van der Waals surface area contributed by atoms with E-state index < -0.39 is 9.84 Å². The zero-order chi connectivity index (χ0) is 12.8. The standard InChI is InChI=1S/C11H10N2O4S/c1-18(14,15)11-12-4-5-13(11)8-2-3-9-10(6-8)17-7-16-9/h2-6H,7H2,1H3. The Hall–Kier alpha value is -2.02. The van der Waals surface area contributed by atoms with E-state index in [9.17, 15) is 8.42 Å². The smallest absolute Gasteiger partial charge is 0.231 e. The van der Waals surface area contributed by atoms with E-state index in [0.29, 0.717) is 17.2 Å². The molecule has 6 nitrogen and oxygen atoms in total. The van der Waals surface area contributed by atoms with Gasteiger partial charge in [-0.1, -0.05) is 0 Å². The molecule has 94 valence electrons. The number of benzene rings is 1. The van der Waals surface area contributed by atoms with Gasteiger partial charge < -0.3 is 9.47 Å². The summed E-state index contributed by atoms with van der Waals surface area (Å²) >= 11 is 0. The molecule has 1 aliphatic heterocycles. The van der Waals surface area contributed by atoms with Crippen molar-refractivity contribution in [3.05, 3.63) is 30.6 Å². The Morgan fingerprint density at radius 1 is 1.28 bits per heavy atom. The highest BCUT2D eigenvalue weighted by atomic mass is 32.2. The van der Waals surface area contributed by atoms with E-state index in [1.807, 2.05) is 0 Å². The van der Waals surface area contributed by atoms with Crippen molar-refractivity contribution in [2.45, 2.75) is 5.16 Å². The third kappa shape index (κ3) is 1.72. The highest BCUT2D eigenvalue weighted by Crippen LogP contribution is 2.34. The van der Waals surface area contributed by atoms with Gasteiger partial charge in [0.2, 0.25) is 21.8 Å². The summed E-state index contributed by atoms with van der Waals surface area (Å²) in [5.74, 6) is 1.25. The van der Waals surface area contributed by atoms with Crippen molar-refractivity contribution in [2.24, 2.45) is 0 Å². The molecule has 0 fully saturated rings. The van der Waals surface area contributed by atoms with E-state index >= 15 is 0 Å². The molecule has 7 heteroatoms. The molecule has 18 heavy (non-hydrogen) atoms. The fourth-order valence-corrected chi connectivity index (χ4v) is 2.57. The van der Waals surface area contributed by atoms with Crippen LogP contribution in [0.2, 0.25) is 0 Å². The van der Waals surface area contributed by atoms with Crippen LogP contribution in [0.3, 0.4) is 0 Å². The number of rotatable bonds is 2. The third-order valence-electron chi connectivity index (χ3n) is 2.57. The molecular formula is C11H10N2O4S. The molecule has 0 spiro atoms. The number of imidazole rings is 1. The van der Waals surface area contributed by atoms with E-state index in [4.69, 9.17) is 9.47 Å². The van der Waals surface area contributed by atoms with Crippen LogP contribution in [-0.2, 0) is 9.84 Å². The number of hydrogen-bond acceptors (Lipinski definition) is 5. The summed E-state index contributed by atoms with van der Waals surface area (Å²) in [7, 11) is -3.37. The maximum atomic E-state index is 11.6. The molecule has 0 unspecified atom stereocenters. The van der Waals surface area contributed by atoms with E-state index in [2.05, 4.69) is 4.98 Å². The van der Waals surface area contributed by atoms with Gasteiger partial charge in [-0.3, -0.25) is 4.57 Å². The molecule has 1 aromatic carbocycles. The summed E-state index contributed by atoms with van der Waals surface area (Å²) in [6.07, 6.45) is 4.16. The normalized spacial score (nSPS) is 13.8. The van der Waals surface area contributed by atoms with Crippen molar-refractivity contribution in [2.75, 3.05) is 13.0 Å². The van der Waals surface area contributed by atoms with Gasteiger partial charge in [0.25, 0.3) is 0 Å². The Kier molecular flexibility index (Phi) is 2.30. The van der Waals surface area contributed by atoms with Crippen LogP contribution in [0, 0.1) is 0 Å². The van der Waals surface area contributed by atoms with Crippen LogP contribution < -0.4 is 9.47 Å². The fraction of sp³-hybridized carbons (Fsp3) is 0.182. The summed E-state index contributed by atoms with van der Waals surface area (Å²) in [6.45, 7) is 0.182. The number of fused-ring (bicyclic) bond motifs is 1. The van der Waals surface area contributed by atoms with Gasteiger partial charge in [-0.15, -0.1) is 0 Å². The molecular weight excluding hydrogens is 256 g/mol. The maximum absolute atomic E-state index is 11.6. The highest BCUT2D eigenvalue weighted by molar-refractivity contribution is 7.90. The average molecular weight is 266 g/mol. The highest BCUT2D eigenvalue weighted by Gasteiger charge is 2.18. The lowest BCUT2D eigenvalue weighted by atomic mass is 10.3. The van der Waals surface area contributed by atoms with Gasteiger partial charge in [-0.2, -0.15) is 0 Å². The second kappa shape index (κ2) is 3.74. The predicted molar refractivity (Wildman–Crippen MR) is 62.8 cm³/mol. The molecule has 2 heterocycles. The van der Waals surface area contributed by atoms with Crippen molar-refractivity contribution in [3.63, 3.8) is 0 Å². The van der Waals surface area contributed by atoms with Crippen LogP contribution in [0.5, 0.6) is 11.5 Å². The summed E-state index contributed by atoms with van der Waals surface area (Å²) < 4.78 is 35.1. The Bertz CT molecular complexity index is 706. The first-order chi connectivity index (χ1) is 8.55. The quantitative estimate of drug-likeness (QED) is 0.811. The van der Waals surface area contributed by atoms with Gasteiger partial charge in [-0.05, 0) is 12.1 Å². The first-order valence-corrected chi connectivity index (χ1v) is 7.08. The molecule has 0 aliphatic carbocycles.